The van der Waals surface area contributed by atoms with Gasteiger partial charge in [0, 0.05) is 18.7 Å². The quantitative estimate of drug-likeness (QED) is 0.718. The number of nitrogens with one attached hydrogen (secondary N) is 1. The van der Waals surface area contributed by atoms with Gasteiger partial charge in [0.1, 0.15) is 0 Å². The van der Waals surface area contributed by atoms with Gasteiger partial charge in [0.05, 0.1) is 6.10 Å². The predicted octanol–water partition coefficient (Wildman–Crippen LogP) is 2.66. The van der Waals surface area contributed by atoms with E-state index in [2.05, 4.69) is 31.0 Å². The van der Waals surface area contributed by atoms with Gasteiger partial charge < -0.3 is 15.0 Å². The first-order valence-corrected chi connectivity index (χ1v) is 8.19. The molecule has 1 aliphatic heterocycles. The van der Waals surface area contributed by atoms with Gasteiger partial charge in [-0.1, -0.05) is 0 Å². The van der Waals surface area contributed by atoms with Crippen molar-refractivity contribution in [3.8, 4) is 0 Å². The topological polar surface area (TPSA) is 24.5 Å². The second-order valence-corrected chi connectivity index (χ2v) is 6.87. The fourth-order valence-corrected chi connectivity index (χ4v) is 3.22. The summed E-state index contributed by atoms with van der Waals surface area (Å²) >= 11 is 0. The van der Waals surface area contributed by atoms with E-state index in [1.807, 2.05) is 0 Å². The van der Waals surface area contributed by atoms with E-state index < -0.39 is 0 Å². The van der Waals surface area contributed by atoms with Crippen LogP contribution in [0.2, 0.25) is 0 Å². The predicted molar refractivity (Wildman–Crippen MR) is 80.5 cm³/mol. The average Bonchev–Trinajstić information content (AvgIpc) is 3.16. The molecule has 3 nitrogen and oxygen atoms in total. The summed E-state index contributed by atoms with van der Waals surface area (Å²) in [5.74, 6) is 0.928. The van der Waals surface area contributed by atoms with Gasteiger partial charge in [-0.3, -0.25) is 0 Å². The van der Waals surface area contributed by atoms with Crippen LogP contribution in [0.3, 0.4) is 0 Å². The van der Waals surface area contributed by atoms with Crippen molar-refractivity contribution < 1.29 is 4.74 Å². The monoisotopic (exact) mass is 268 g/mol. The second-order valence-electron chi connectivity index (χ2n) is 6.87. The Balaban J connectivity index is 1.67. The molecule has 2 rings (SSSR count). The Morgan fingerprint density at radius 2 is 2.11 bits per heavy atom. The standard InChI is InChI=1S/C16H32N2O/c1-14(2)19-12-5-4-10-18-11-6-9-17-16(3,13-18)15-7-8-15/h14-15,17H,4-13H2,1-3H3. The molecule has 3 heteroatoms. The minimum atomic E-state index is 0.376. The molecule has 1 aliphatic carbocycles. The molecule has 1 N–H and O–H groups in total. The third kappa shape index (κ3) is 5.05. The van der Waals surface area contributed by atoms with E-state index in [1.165, 1.54) is 58.3 Å². The number of unbranched alkanes of at least 4 members (excludes halogenated alkanes) is 1. The number of hydrogen-bond donors (Lipinski definition) is 1. The molecule has 0 aromatic heterocycles. The van der Waals surface area contributed by atoms with Crippen molar-refractivity contribution in [2.75, 3.05) is 32.8 Å². The van der Waals surface area contributed by atoms with Crippen molar-refractivity contribution in [1.82, 2.24) is 10.2 Å². The van der Waals surface area contributed by atoms with Gasteiger partial charge >= 0.3 is 0 Å². The molecule has 0 aromatic rings. The van der Waals surface area contributed by atoms with E-state index in [0.717, 1.165) is 12.5 Å². The molecule has 2 fully saturated rings. The molecule has 1 saturated carbocycles. The zero-order valence-corrected chi connectivity index (χ0v) is 13.1. The van der Waals surface area contributed by atoms with Gasteiger partial charge in [-0.2, -0.15) is 0 Å². The summed E-state index contributed by atoms with van der Waals surface area (Å²) in [5, 5.41) is 3.80. The van der Waals surface area contributed by atoms with E-state index >= 15 is 0 Å². The summed E-state index contributed by atoms with van der Waals surface area (Å²) in [6, 6.07) is 0. The highest BCUT2D eigenvalue weighted by atomic mass is 16.5. The van der Waals surface area contributed by atoms with E-state index in [1.54, 1.807) is 0 Å². The molecular weight excluding hydrogens is 236 g/mol. The number of ether oxygens (including phenoxy) is 1. The minimum Gasteiger partial charge on any atom is -0.379 e. The van der Waals surface area contributed by atoms with Crippen LogP contribution >= 0.6 is 0 Å². The summed E-state index contributed by atoms with van der Waals surface area (Å²) in [6.45, 7) is 12.5. The normalized spacial score (nSPS) is 29.7. The minimum absolute atomic E-state index is 0.376. The van der Waals surface area contributed by atoms with Gasteiger partial charge in [-0.05, 0) is 78.4 Å². The lowest BCUT2D eigenvalue weighted by Gasteiger charge is -2.34. The highest BCUT2D eigenvalue weighted by Crippen LogP contribution is 2.40. The van der Waals surface area contributed by atoms with Gasteiger partial charge in [-0.15, -0.1) is 0 Å². The maximum atomic E-state index is 5.61. The third-order valence-electron chi connectivity index (χ3n) is 4.53. The Bertz CT molecular complexity index is 265. The van der Waals surface area contributed by atoms with Gasteiger partial charge in [-0.25, -0.2) is 0 Å². The van der Waals surface area contributed by atoms with Crippen molar-refractivity contribution >= 4 is 0 Å². The number of hydrogen-bond acceptors (Lipinski definition) is 3. The van der Waals surface area contributed by atoms with Crippen LogP contribution in [-0.4, -0.2) is 49.3 Å². The molecule has 2 aliphatic rings. The Morgan fingerprint density at radius 1 is 1.32 bits per heavy atom. The third-order valence-corrected chi connectivity index (χ3v) is 4.53. The second kappa shape index (κ2) is 7.05. The van der Waals surface area contributed by atoms with Crippen LogP contribution in [0.4, 0.5) is 0 Å². The average molecular weight is 268 g/mol. The van der Waals surface area contributed by atoms with Crippen molar-refractivity contribution in [3.05, 3.63) is 0 Å². The molecule has 112 valence electrons. The van der Waals surface area contributed by atoms with Gasteiger partial charge in [0.15, 0.2) is 0 Å². The Kier molecular flexibility index (Phi) is 5.67. The van der Waals surface area contributed by atoms with Crippen LogP contribution in [0.25, 0.3) is 0 Å². The molecular formula is C16H32N2O. The lowest BCUT2D eigenvalue weighted by molar-refractivity contribution is 0.0736. The smallest absolute Gasteiger partial charge is 0.0518 e. The molecule has 0 radical (unpaired) electrons. The fourth-order valence-electron chi connectivity index (χ4n) is 3.22. The van der Waals surface area contributed by atoms with Crippen LogP contribution in [0.5, 0.6) is 0 Å². The first-order valence-electron chi connectivity index (χ1n) is 8.19. The summed E-state index contributed by atoms with van der Waals surface area (Å²) < 4.78 is 5.61. The summed E-state index contributed by atoms with van der Waals surface area (Å²) in [6.07, 6.45) is 7.00. The van der Waals surface area contributed by atoms with Crippen molar-refractivity contribution in [3.63, 3.8) is 0 Å². The summed E-state index contributed by atoms with van der Waals surface area (Å²) in [4.78, 5) is 2.67. The highest BCUT2D eigenvalue weighted by molar-refractivity contribution is 5.00. The van der Waals surface area contributed by atoms with E-state index in [9.17, 15) is 0 Å². The summed E-state index contributed by atoms with van der Waals surface area (Å²) in [5.41, 5.74) is 0.380. The molecule has 1 saturated heterocycles. The molecule has 0 aromatic carbocycles. The first kappa shape index (κ1) is 15.3. The highest BCUT2D eigenvalue weighted by Gasteiger charge is 2.42. The van der Waals surface area contributed by atoms with Crippen LogP contribution in [0.1, 0.15) is 52.9 Å². The van der Waals surface area contributed by atoms with Crippen molar-refractivity contribution in [1.29, 1.82) is 0 Å². The lowest BCUT2D eigenvalue weighted by Crippen LogP contribution is -2.51. The van der Waals surface area contributed by atoms with Crippen molar-refractivity contribution in [2.45, 2.75) is 64.5 Å². The maximum absolute atomic E-state index is 5.61. The number of nitrogens with zero attached hydrogens (tertiary/aromatic N) is 1. The first-order chi connectivity index (χ1) is 9.10. The Hall–Kier alpha value is -0.120. The lowest BCUT2D eigenvalue weighted by atomic mass is 9.95. The zero-order valence-electron chi connectivity index (χ0n) is 13.1. The summed E-state index contributed by atoms with van der Waals surface area (Å²) in [7, 11) is 0. The Morgan fingerprint density at radius 3 is 2.79 bits per heavy atom. The van der Waals surface area contributed by atoms with Crippen LogP contribution in [0.15, 0.2) is 0 Å². The SMILES string of the molecule is CC(C)OCCCCN1CCCNC(C)(C2CC2)C1. The van der Waals surface area contributed by atoms with Crippen molar-refractivity contribution in [2.24, 2.45) is 5.92 Å². The molecule has 0 bridgehead atoms. The van der Waals surface area contributed by atoms with Gasteiger partial charge in [0.25, 0.3) is 0 Å². The maximum Gasteiger partial charge on any atom is 0.0518 e. The Labute approximate surface area is 119 Å². The van der Waals surface area contributed by atoms with Gasteiger partial charge in [0.2, 0.25) is 0 Å². The largest absolute Gasteiger partial charge is 0.379 e. The molecule has 1 heterocycles. The van der Waals surface area contributed by atoms with Crippen LogP contribution in [0, 0.1) is 5.92 Å². The molecule has 1 atom stereocenters. The molecule has 1 unspecified atom stereocenters. The molecule has 0 spiro atoms. The molecule has 19 heavy (non-hydrogen) atoms. The van der Waals surface area contributed by atoms with E-state index in [0.29, 0.717) is 11.6 Å². The van der Waals surface area contributed by atoms with E-state index in [4.69, 9.17) is 4.74 Å². The van der Waals surface area contributed by atoms with Crippen LogP contribution in [-0.2, 0) is 4.74 Å². The molecule has 0 amide bonds. The number of rotatable bonds is 7. The van der Waals surface area contributed by atoms with Crippen LogP contribution < -0.4 is 5.32 Å². The zero-order chi connectivity index (χ0) is 13.7. The van der Waals surface area contributed by atoms with E-state index in [-0.39, 0.29) is 0 Å². The fraction of sp³-hybridized carbons (Fsp3) is 1.00.